The number of hydrogen-bond donors (Lipinski definition) is 2. The number of halogens is 1. The van der Waals surface area contributed by atoms with Crippen LogP contribution in [-0.4, -0.2) is 46.6 Å². The molecule has 9 heteroatoms. The maximum atomic E-state index is 12.9. The number of amides is 1. The fourth-order valence-electron chi connectivity index (χ4n) is 3.22. The van der Waals surface area contributed by atoms with Gasteiger partial charge in [0.15, 0.2) is 0 Å². The van der Waals surface area contributed by atoms with E-state index in [1.54, 1.807) is 18.3 Å². The van der Waals surface area contributed by atoms with Crippen molar-refractivity contribution in [2.24, 2.45) is 0 Å². The van der Waals surface area contributed by atoms with E-state index in [2.05, 4.69) is 36.1 Å². The maximum Gasteiger partial charge on any atom is 0.407 e. The highest BCUT2D eigenvalue weighted by Gasteiger charge is 2.25. The molecule has 2 aromatic rings. The SMILES string of the molecule is CC(C)(C)OC(=O)NC1CCN(c2cccc(C(=O)c3cc(Br)cnc3N)n2)CC1. The average Bonchev–Trinajstić information content (AvgIpc) is 2.68. The number of hydrogen-bond acceptors (Lipinski definition) is 7. The van der Waals surface area contributed by atoms with Crippen molar-refractivity contribution in [3.63, 3.8) is 0 Å². The van der Waals surface area contributed by atoms with Crippen LogP contribution < -0.4 is 16.0 Å². The Bertz CT molecular complexity index is 936. The van der Waals surface area contributed by atoms with Gasteiger partial charge >= 0.3 is 6.09 Å². The number of pyridine rings is 2. The van der Waals surface area contributed by atoms with E-state index >= 15 is 0 Å². The normalized spacial score (nSPS) is 15.0. The van der Waals surface area contributed by atoms with Gasteiger partial charge in [0, 0.05) is 29.8 Å². The smallest absolute Gasteiger partial charge is 0.407 e. The predicted octanol–water partition coefficient (Wildman–Crippen LogP) is 3.55. The third kappa shape index (κ3) is 5.69. The third-order valence-corrected chi connectivity index (χ3v) is 5.07. The molecule has 8 nitrogen and oxygen atoms in total. The maximum absolute atomic E-state index is 12.9. The molecule has 0 radical (unpaired) electrons. The molecular formula is C21H26BrN5O3. The lowest BCUT2D eigenvalue weighted by atomic mass is 10.0. The predicted molar refractivity (Wildman–Crippen MR) is 119 cm³/mol. The monoisotopic (exact) mass is 475 g/mol. The first-order chi connectivity index (χ1) is 14.1. The Morgan fingerprint density at radius 1 is 1.27 bits per heavy atom. The fraction of sp³-hybridized carbons (Fsp3) is 0.429. The van der Waals surface area contributed by atoms with E-state index in [1.807, 2.05) is 32.9 Å². The van der Waals surface area contributed by atoms with Gasteiger partial charge in [-0.15, -0.1) is 0 Å². The van der Waals surface area contributed by atoms with Crippen LogP contribution >= 0.6 is 15.9 Å². The van der Waals surface area contributed by atoms with Crippen molar-refractivity contribution < 1.29 is 14.3 Å². The van der Waals surface area contributed by atoms with Crippen LogP contribution in [0.3, 0.4) is 0 Å². The van der Waals surface area contributed by atoms with Crippen molar-refractivity contribution in [1.29, 1.82) is 0 Å². The summed E-state index contributed by atoms with van der Waals surface area (Å²) in [7, 11) is 0. The number of nitrogen functional groups attached to an aromatic ring is 1. The molecular weight excluding hydrogens is 450 g/mol. The van der Waals surface area contributed by atoms with Crippen LogP contribution in [0.5, 0.6) is 0 Å². The van der Waals surface area contributed by atoms with Crippen molar-refractivity contribution in [2.75, 3.05) is 23.7 Å². The van der Waals surface area contributed by atoms with Crippen LogP contribution in [-0.2, 0) is 4.74 Å². The Labute approximate surface area is 184 Å². The molecule has 3 rings (SSSR count). The van der Waals surface area contributed by atoms with Gasteiger partial charge in [-0.1, -0.05) is 6.07 Å². The minimum atomic E-state index is -0.519. The van der Waals surface area contributed by atoms with Gasteiger partial charge in [-0.2, -0.15) is 0 Å². The van der Waals surface area contributed by atoms with Crippen molar-refractivity contribution in [3.05, 3.63) is 46.2 Å². The molecule has 1 saturated heterocycles. The number of ketones is 1. The van der Waals surface area contributed by atoms with Crippen LogP contribution in [0.25, 0.3) is 0 Å². The Morgan fingerprint density at radius 3 is 2.63 bits per heavy atom. The molecule has 1 amide bonds. The minimum Gasteiger partial charge on any atom is -0.444 e. The van der Waals surface area contributed by atoms with E-state index in [-0.39, 0.29) is 17.6 Å². The number of anilines is 2. The molecule has 1 fully saturated rings. The molecule has 1 aliphatic heterocycles. The number of nitrogens with two attached hydrogens (primary N) is 1. The Balaban J connectivity index is 1.64. The molecule has 0 aromatic carbocycles. The molecule has 1 aliphatic rings. The number of alkyl carbamates (subject to hydrolysis) is 1. The first-order valence-electron chi connectivity index (χ1n) is 9.79. The lowest BCUT2D eigenvalue weighted by Gasteiger charge is -2.33. The summed E-state index contributed by atoms with van der Waals surface area (Å²) in [4.78, 5) is 35.5. The van der Waals surface area contributed by atoms with Crippen LogP contribution in [0, 0.1) is 0 Å². The van der Waals surface area contributed by atoms with E-state index in [9.17, 15) is 9.59 Å². The topological polar surface area (TPSA) is 110 Å². The molecule has 30 heavy (non-hydrogen) atoms. The molecule has 0 bridgehead atoms. The molecule has 0 unspecified atom stereocenters. The number of aromatic nitrogens is 2. The first-order valence-corrected chi connectivity index (χ1v) is 10.6. The molecule has 0 atom stereocenters. The van der Waals surface area contributed by atoms with Gasteiger partial charge in [0.05, 0.1) is 5.56 Å². The Morgan fingerprint density at radius 2 is 1.97 bits per heavy atom. The Kier molecular flexibility index (Phi) is 6.60. The summed E-state index contributed by atoms with van der Waals surface area (Å²) in [5, 5.41) is 2.92. The summed E-state index contributed by atoms with van der Waals surface area (Å²) >= 11 is 3.31. The quantitative estimate of drug-likeness (QED) is 0.650. The van der Waals surface area contributed by atoms with E-state index in [0.717, 1.165) is 18.7 Å². The van der Waals surface area contributed by atoms with Crippen molar-refractivity contribution in [1.82, 2.24) is 15.3 Å². The number of carbonyl (C=O) groups excluding carboxylic acids is 2. The lowest BCUT2D eigenvalue weighted by Crippen LogP contribution is -2.46. The number of ether oxygens (including phenoxy) is 1. The van der Waals surface area contributed by atoms with Crippen LogP contribution in [0.2, 0.25) is 0 Å². The van der Waals surface area contributed by atoms with Gasteiger partial charge in [-0.3, -0.25) is 4.79 Å². The van der Waals surface area contributed by atoms with Gasteiger partial charge in [-0.25, -0.2) is 14.8 Å². The largest absolute Gasteiger partial charge is 0.444 e. The number of nitrogens with zero attached hydrogens (tertiary/aromatic N) is 3. The molecule has 2 aromatic heterocycles. The zero-order valence-corrected chi connectivity index (χ0v) is 18.9. The van der Waals surface area contributed by atoms with Gasteiger partial charge in [0.2, 0.25) is 5.78 Å². The molecule has 0 spiro atoms. The second kappa shape index (κ2) is 8.99. The zero-order chi connectivity index (χ0) is 21.9. The lowest BCUT2D eigenvalue weighted by molar-refractivity contribution is 0.0497. The number of rotatable bonds is 4. The Hall–Kier alpha value is -2.68. The van der Waals surface area contributed by atoms with E-state index in [4.69, 9.17) is 10.5 Å². The van der Waals surface area contributed by atoms with Gasteiger partial charge in [0.25, 0.3) is 0 Å². The summed E-state index contributed by atoms with van der Waals surface area (Å²) in [6.07, 6.45) is 2.68. The molecule has 0 saturated carbocycles. The van der Waals surface area contributed by atoms with Gasteiger partial charge < -0.3 is 20.7 Å². The van der Waals surface area contributed by atoms with Crippen LogP contribution in [0.1, 0.15) is 49.7 Å². The van der Waals surface area contributed by atoms with Crippen LogP contribution in [0.15, 0.2) is 34.9 Å². The molecule has 3 heterocycles. The number of nitrogens with one attached hydrogen (secondary N) is 1. The summed E-state index contributed by atoms with van der Waals surface area (Å²) in [5.41, 5.74) is 5.97. The highest BCUT2D eigenvalue weighted by Crippen LogP contribution is 2.22. The van der Waals surface area contributed by atoms with Gasteiger partial charge in [-0.05, 0) is 67.7 Å². The minimum absolute atomic E-state index is 0.0495. The summed E-state index contributed by atoms with van der Waals surface area (Å²) < 4.78 is 6.00. The van der Waals surface area contributed by atoms with Crippen molar-refractivity contribution in [2.45, 2.75) is 45.3 Å². The highest BCUT2D eigenvalue weighted by molar-refractivity contribution is 9.10. The number of piperidine rings is 1. The zero-order valence-electron chi connectivity index (χ0n) is 17.3. The van der Waals surface area contributed by atoms with Gasteiger partial charge in [0.1, 0.15) is 22.9 Å². The molecule has 160 valence electrons. The van der Waals surface area contributed by atoms with Crippen molar-refractivity contribution in [3.8, 4) is 0 Å². The standard InChI is InChI=1S/C21H26BrN5O3/c1-21(2,3)30-20(29)25-14-7-9-27(10-8-14)17-6-4-5-16(26-17)18(28)15-11-13(22)12-24-19(15)23/h4-6,11-12,14H,7-10H2,1-3H3,(H2,23,24)(H,25,29). The second-order valence-corrected chi connectivity index (χ2v) is 9.12. The highest BCUT2D eigenvalue weighted by atomic mass is 79.9. The van der Waals surface area contributed by atoms with Crippen LogP contribution in [0.4, 0.5) is 16.4 Å². The summed E-state index contributed by atoms with van der Waals surface area (Å²) in [6, 6.07) is 7.05. The first kappa shape index (κ1) is 22.0. The van der Waals surface area contributed by atoms with E-state index in [0.29, 0.717) is 28.8 Å². The third-order valence-electron chi connectivity index (χ3n) is 4.64. The van der Waals surface area contributed by atoms with Crippen molar-refractivity contribution >= 4 is 39.4 Å². The average molecular weight is 476 g/mol. The molecule has 0 aliphatic carbocycles. The summed E-state index contributed by atoms with van der Waals surface area (Å²) in [6.45, 7) is 6.95. The molecule has 3 N–H and O–H groups in total. The number of carbonyl (C=O) groups is 2. The fourth-order valence-corrected chi connectivity index (χ4v) is 3.55. The van der Waals surface area contributed by atoms with E-state index in [1.165, 1.54) is 0 Å². The van der Waals surface area contributed by atoms with E-state index < -0.39 is 11.7 Å². The second-order valence-electron chi connectivity index (χ2n) is 8.20. The summed E-state index contributed by atoms with van der Waals surface area (Å²) in [5.74, 6) is 0.618.